The van der Waals surface area contributed by atoms with Crippen molar-refractivity contribution >= 4 is 40.7 Å². The monoisotopic (exact) mass is 428 g/mol. The van der Waals surface area contributed by atoms with Crippen LogP contribution in [0, 0.1) is 11.7 Å². The Balaban J connectivity index is 0.00000132. The first kappa shape index (κ1) is 21.0. The van der Waals surface area contributed by atoms with Gasteiger partial charge in [0, 0.05) is 37.8 Å². The molecule has 1 aliphatic carbocycles. The molecule has 7 heteroatoms. The third-order valence-corrected chi connectivity index (χ3v) is 5.42. The number of hydrogen-bond donors (Lipinski definition) is 2. The molecule has 2 fully saturated rings. The highest BCUT2D eigenvalue weighted by Crippen LogP contribution is 2.44. The van der Waals surface area contributed by atoms with Crippen LogP contribution in [0.1, 0.15) is 37.3 Å². The molecule has 1 saturated carbocycles. The van der Waals surface area contributed by atoms with Crippen molar-refractivity contribution < 1.29 is 9.50 Å². The summed E-state index contributed by atoms with van der Waals surface area (Å²) in [6, 6.07) is 3.74. The molecule has 3 rings (SSSR count). The molecule has 0 spiro atoms. The van der Waals surface area contributed by atoms with Crippen LogP contribution in [0.25, 0.3) is 0 Å². The van der Waals surface area contributed by atoms with Crippen molar-refractivity contribution in [1.82, 2.24) is 10.2 Å². The molecule has 1 atom stereocenters. The van der Waals surface area contributed by atoms with Crippen molar-refractivity contribution in [3.63, 3.8) is 0 Å². The van der Waals surface area contributed by atoms with E-state index in [1.54, 1.807) is 6.07 Å². The van der Waals surface area contributed by atoms with E-state index in [2.05, 4.69) is 26.1 Å². The standard InChI is InChI=1S/C16H22BrFN2O.2ClH/c17-13-6-5-12(16(21)14(13)18)15(11-3-1-2-4-11)20-9-7-19-8-10-20;;/h5-6,11,15,19,21H,1-4,7-10H2;2*1H/t15-;;/m0../s1. The minimum absolute atomic E-state index is 0. The molecule has 1 aliphatic heterocycles. The Morgan fingerprint density at radius 2 is 1.78 bits per heavy atom. The first-order chi connectivity index (χ1) is 10.2. The van der Waals surface area contributed by atoms with E-state index >= 15 is 0 Å². The van der Waals surface area contributed by atoms with E-state index in [0.717, 1.165) is 31.7 Å². The first-order valence-corrected chi connectivity index (χ1v) is 8.59. The lowest BCUT2D eigenvalue weighted by molar-refractivity contribution is 0.122. The summed E-state index contributed by atoms with van der Waals surface area (Å²) >= 11 is 3.15. The van der Waals surface area contributed by atoms with Crippen molar-refractivity contribution in [2.24, 2.45) is 5.92 Å². The molecule has 0 radical (unpaired) electrons. The van der Waals surface area contributed by atoms with Crippen molar-refractivity contribution in [2.45, 2.75) is 31.7 Å². The Morgan fingerprint density at radius 3 is 2.39 bits per heavy atom. The van der Waals surface area contributed by atoms with Gasteiger partial charge in [0.05, 0.1) is 4.47 Å². The second kappa shape index (κ2) is 9.42. The number of nitrogens with zero attached hydrogens (tertiary/aromatic N) is 1. The molecular weight excluding hydrogens is 406 g/mol. The number of hydrogen-bond acceptors (Lipinski definition) is 3. The molecule has 0 unspecified atom stereocenters. The maximum atomic E-state index is 14.1. The number of phenolic OH excluding ortho intramolecular Hbond substituents is 1. The number of halogens is 4. The van der Waals surface area contributed by atoms with Gasteiger partial charge in [-0.05, 0) is 40.8 Å². The predicted octanol–water partition coefficient (Wildman–Crippen LogP) is 4.27. The van der Waals surface area contributed by atoms with Crippen LogP contribution >= 0.6 is 40.7 Å². The fraction of sp³-hybridized carbons (Fsp3) is 0.625. The molecule has 1 aromatic carbocycles. The van der Waals surface area contributed by atoms with Crippen molar-refractivity contribution in [3.8, 4) is 5.75 Å². The van der Waals surface area contributed by atoms with Gasteiger partial charge in [0.1, 0.15) is 0 Å². The van der Waals surface area contributed by atoms with Crippen LogP contribution in [0.4, 0.5) is 4.39 Å². The van der Waals surface area contributed by atoms with E-state index in [9.17, 15) is 9.50 Å². The van der Waals surface area contributed by atoms with E-state index < -0.39 is 5.82 Å². The maximum Gasteiger partial charge on any atom is 0.179 e. The lowest BCUT2D eigenvalue weighted by atomic mass is 9.89. The fourth-order valence-electron chi connectivity index (χ4n) is 3.78. The van der Waals surface area contributed by atoms with Crippen LogP contribution in [0.3, 0.4) is 0 Å². The summed E-state index contributed by atoms with van der Waals surface area (Å²) in [5.41, 5.74) is 0.754. The van der Waals surface area contributed by atoms with Crippen LogP contribution < -0.4 is 5.32 Å². The molecular formula is C16H24BrCl2FN2O. The lowest BCUT2D eigenvalue weighted by Gasteiger charge is -2.39. The van der Waals surface area contributed by atoms with Crippen LogP contribution in [0.5, 0.6) is 5.75 Å². The van der Waals surface area contributed by atoms with E-state index in [-0.39, 0.29) is 36.6 Å². The Kier molecular flexibility index (Phi) is 8.59. The normalized spacial score (nSPS) is 20.6. The quantitative estimate of drug-likeness (QED) is 0.752. The average Bonchev–Trinajstić information content (AvgIpc) is 3.03. The van der Waals surface area contributed by atoms with E-state index in [0.29, 0.717) is 10.4 Å². The smallest absolute Gasteiger partial charge is 0.179 e. The van der Waals surface area contributed by atoms with Gasteiger partial charge in [0.25, 0.3) is 0 Å². The maximum absolute atomic E-state index is 14.1. The molecule has 132 valence electrons. The number of nitrogens with one attached hydrogen (secondary N) is 1. The Labute approximate surface area is 158 Å². The zero-order chi connectivity index (χ0) is 14.8. The third kappa shape index (κ3) is 4.51. The summed E-state index contributed by atoms with van der Waals surface area (Å²) in [5, 5.41) is 13.7. The second-order valence-corrected chi connectivity index (χ2v) is 6.93. The largest absolute Gasteiger partial charge is 0.505 e. The minimum Gasteiger partial charge on any atom is -0.505 e. The highest BCUT2D eigenvalue weighted by atomic mass is 79.9. The van der Waals surface area contributed by atoms with Crippen LogP contribution in [-0.4, -0.2) is 36.2 Å². The van der Waals surface area contributed by atoms with Crippen LogP contribution in [0.15, 0.2) is 16.6 Å². The summed E-state index contributed by atoms with van der Waals surface area (Å²) in [5.74, 6) is -0.194. The number of benzene rings is 1. The summed E-state index contributed by atoms with van der Waals surface area (Å²) in [4.78, 5) is 2.41. The van der Waals surface area contributed by atoms with E-state index in [1.807, 2.05) is 6.07 Å². The van der Waals surface area contributed by atoms with Gasteiger partial charge in [-0.3, -0.25) is 4.90 Å². The predicted molar refractivity (Wildman–Crippen MR) is 99.4 cm³/mol. The van der Waals surface area contributed by atoms with Gasteiger partial charge in [0.2, 0.25) is 0 Å². The van der Waals surface area contributed by atoms with Crippen molar-refractivity contribution in [2.75, 3.05) is 26.2 Å². The number of phenols is 1. The van der Waals surface area contributed by atoms with E-state index in [4.69, 9.17) is 0 Å². The van der Waals surface area contributed by atoms with Crippen molar-refractivity contribution in [3.05, 3.63) is 28.0 Å². The van der Waals surface area contributed by atoms with E-state index in [1.165, 1.54) is 25.7 Å². The summed E-state index contributed by atoms with van der Waals surface area (Å²) in [6.07, 6.45) is 4.83. The molecule has 1 heterocycles. The summed E-state index contributed by atoms with van der Waals surface area (Å²) < 4.78 is 14.4. The molecule has 23 heavy (non-hydrogen) atoms. The SMILES string of the molecule is Cl.Cl.Oc1c([C@H](C2CCCC2)N2CCNCC2)ccc(Br)c1F. The van der Waals surface area contributed by atoms with Gasteiger partial charge in [-0.1, -0.05) is 18.9 Å². The molecule has 0 aromatic heterocycles. The number of rotatable bonds is 3. The molecule has 3 nitrogen and oxygen atoms in total. The number of aromatic hydroxyl groups is 1. The highest BCUT2D eigenvalue weighted by Gasteiger charge is 2.34. The van der Waals surface area contributed by atoms with Gasteiger partial charge in [-0.15, -0.1) is 24.8 Å². The van der Waals surface area contributed by atoms with Crippen LogP contribution in [-0.2, 0) is 0 Å². The second-order valence-electron chi connectivity index (χ2n) is 6.07. The highest BCUT2D eigenvalue weighted by molar-refractivity contribution is 9.10. The van der Waals surface area contributed by atoms with Gasteiger partial charge in [-0.25, -0.2) is 4.39 Å². The Hall–Kier alpha value is -0.0700. The molecule has 0 bridgehead atoms. The average molecular weight is 430 g/mol. The summed E-state index contributed by atoms with van der Waals surface area (Å²) in [7, 11) is 0. The van der Waals surface area contributed by atoms with Gasteiger partial charge < -0.3 is 10.4 Å². The Morgan fingerprint density at radius 1 is 1.17 bits per heavy atom. The topological polar surface area (TPSA) is 35.5 Å². The molecule has 0 amide bonds. The first-order valence-electron chi connectivity index (χ1n) is 7.80. The molecule has 1 aromatic rings. The summed E-state index contributed by atoms with van der Waals surface area (Å²) in [6.45, 7) is 3.84. The zero-order valence-corrected chi connectivity index (χ0v) is 16.2. The van der Waals surface area contributed by atoms with Gasteiger partial charge in [0.15, 0.2) is 11.6 Å². The van der Waals surface area contributed by atoms with Crippen molar-refractivity contribution in [1.29, 1.82) is 0 Å². The molecule has 2 N–H and O–H groups in total. The van der Waals surface area contributed by atoms with Gasteiger partial charge >= 0.3 is 0 Å². The lowest BCUT2D eigenvalue weighted by Crippen LogP contribution is -2.46. The zero-order valence-electron chi connectivity index (χ0n) is 12.9. The minimum atomic E-state index is -0.536. The van der Waals surface area contributed by atoms with Crippen LogP contribution in [0.2, 0.25) is 0 Å². The van der Waals surface area contributed by atoms with Gasteiger partial charge in [-0.2, -0.15) is 0 Å². The molecule has 1 saturated heterocycles. The fourth-order valence-corrected chi connectivity index (χ4v) is 4.10. The number of piperazine rings is 1. The molecule has 2 aliphatic rings. The third-order valence-electron chi connectivity index (χ3n) is 4.81. The Bertz CT molecular complexity index is 509.